The number of pyridine rings is 1. The van der Waals surface area contributed by atoms with Crippen LogP contribution in [0, 0.1) is 0 Å². The van der Waals surface area contributed by atoms with Crippen LogP contribution in [0.5, 0.6) is 0 Å². The summed E-state index contributed by atoms with van der Waals surface area (Å²) in [6.07, 6.45) is 4.57. The highest BCUT2D eigenvalue weighted by atomic mass is 16.2. The quantitative estimate of drug-likeness (QED) is 0.573. The lowest BCUT2D eigenvalue weighted by molar-refractivity contribution is -0.122. The Morgan fingerprint density at radius 2 is 1.62 bits per heavy atom. The van der Waals surface area contributed by atoms with E-state index in [0.29, 0.717) is 11.3 Å². The van der Waals surface area contributed by atoms with Gasteiger partial charge in [-0.25, -0.2) is 9.69 Å². The topological polar surface area (TPSA) is 79.4 Å². The molecular formula is C20H13N3O3. The number of hydrogen-bond donors (Lipinski definition) is 1. The molecule has 0 spiro atoms. The van der Waals surface area contributed by atoms with Crippen molar-refractivity contribution in [2.75, 3.05) is 4.90 Å². The maximum absolute atomic E-state index is 13.0. The first-order valence-corrected chi connectivity index (χ1v) is 7.94. The Labute approximate surface area is 148 Å². The minimum atomic E-state index is -0.761. The van der Waals surface area contributed by atoms with Gasteiger partial charge in [0, 0.05) is 17.8 Å². The standard InChI is InChI=1S/C20H13N3O3/c24-18-16(12-13-8-10-21-11-9-13)19(25)23(20(26)22-18)17-7-3-5-14-4-1-2-6-15(14)17/h1-12H,(H,22,24,26). The molecule has 1 aromatic heterocycles. The smallest absolute Gasteiger partial charge is 0.273 e. The van der Waals surface area contributed by atoms with E-state index in [0.717, 1.165) is 15.7 Å². The number of barbiturate groups is 1. The van der Waals surface area contributed by atoms with E-state index in [4.69, 9.17) is 0 Å². The van der Waals surface area contributed by atoms with Gasteiger partial charge in [-0.1, -0.05) is 36.4 Å². The summed E-state index contributed by atoms with van der Waals surface area (Å²) < 4.78 is 0. The monoisotopic (exact) mass is 343 g/mol. The van der Waals surface area contributed by atoms with Gasteiger partial charge < -0.3 is 0 Å². The molecule has 0 aliphatic carbocycles. The Morgan fingerprint density at radius 1 is 0.885 bits per heavy atom. The van der Waals surface area contributed by atoms with Crippen LogP contribution in [0.25, 0.3) is 16.8 Å². The lowest BCUT2D eigenvalue weighted by Gasteiger charge is -2.27. The first-order chi connectivity index (χ1) is 12.6. The molecule has 0 saturated carbocycles. The van der Waals surface area contributed by atoms with Crippen molar-refractivity contribution in [1.29, 1.82) is 0 Å². The summed E-state index contributed by atoms with van der Waals surface area (Å²) in [6.45, 7) is 0. The second-order valence-corrected chi connectivity index (χ2v) is 5.74. The van der Waals surface area contributed by atoms with Crippen LogP contribution in [0.3, 0.4) is 0 Å². The third kappa shape index (κ3) is 2.63. The molecule has 3 aromatic rings. The van der Waals surface area contributed by atoms with E-state index in [9.17, 15) is 14.4 Å². The van der Waals surface area contributed by atoms with Gasteiger partial charge in [-0.2, -0.15) is 0 Å². The molecule has 4 rings (SSSR count). The first kappa shape index (κ1) is 15.7. The lowest BCUT2D eigenvalue weighted by atomic mass is 10.0. The summed E-state index contributed by atoms with van der Waals surface area (Å²) in [6, 6.07) is 15.4. The highest BCUT2D eigenvalue weighted by Gasteiger charge is 2.37. The maximum atomic E-state index is 13.0. The van der Waals surface area contributed by atoms with Crippen molar-refractivity contribution < 1.29 is 14.4 Å². The van der Waals surface area contributed by atoms with Gasteiger partial charge in [-0.05, 0) is 35.2 Å². The number of fused-ring (bicyclic) bond motifs is 1. The SMILES string of the molecule is O=C1NC(=O)N(c2cccc3ccccc23)C(=O)C1=Cc1ccncc1. The number of anilines is 1. The fraction of sp³-hybridized carbons (Fsp3) is 0. The zero-order chi connectivity index (χ0) is 18.1. The minimum absolute atomic E-state index is 0.108. The molecule has 0 radical (unpaired) electrons. The van der Waals surface area contributed by atoms with E-state index < -0.39 is 17.8 Å². The largest absolute Gasteiger partial charge is 0.335 e. The molecule has 1 fully saturated rings. The molecule has 1 aliphatic heterocycles. The summed E-state index contributed by atoms with van der Waals surface area (Å²) in [5.74, 6) is -1.37. The zero-order valence-corrected chi connectivity index (χ0v) is 13.5. The van der Waals surface area contributed by atoms with Gasteiger partial charge in [0.1, 0.15) is 5.57 Å². The first-order valence-electron chi connectivity index (χ1n) is 7.94. The Kier molecular flexibility index (Phi) is 3.78. The summed E-state index contributed by atoms with van der Waals surface area (Å²) in [7, 11) is 0. The molecule has 6 heteroatoms. The van der Waals surface area contributed by atoms with Crippen molar-refractivity contribution in [2.24, 2.45) is 0 Å². The number of carbonyl (C=O) groups is 3. The van der Waals surface area contributed by atoms with Crippen molar-refractivity contribution in [3.63, 3.8) is 0 Å². The number of benzene rings is 2. The minimum Gasteiger partial charge on any atom is -0.273 e. The van der Waals surface area contributed by atoms with Crippen molar-refractivity contribution >= 4 is 40.4 Å². The van der Waals surface area contributed by atoms with Crippen LogP contribution >= 0.6 is 0 Å². The number of imide groups is 2. The Morgan fingerprint density at radius 3 is 2.42 bits per heavy atom. The van der Waals surface area contributed by atoms with Crippen LogP contribution in [0.1, 0.15) is 5.56 Å². The normalized spacial score (nSPS) is 16.2. The van der Waals surface area contributed by atoms with E-state index in [1.54, 1.807) is 36.7 Å². The summed E-state index contributed by atoms with van der Waals surface area (Å²) in [4.78, 5) is 42.4. The van der Waals surface area contributed by atoms with Gasteiger partial charge in [0.2, 0.25) is 0 Å². The highest BCUT2D eigenvalue weighted by molar-refractivity contribution is 6.40. The number of amides is 4. The van der Waals surface area contributed by atoms with Crippen molar-refractivity contribution in [2.45, 2.75) is 0 Å². The van der Waals surface area contributed by atoms with Gasteiger partial charge in [-0.3, -0.25) is 19.9 Å². The Balaban J connectivity index is 1.83. The van der Waals surface area contributed by atoms with E-state index in [1.807, 2.05) is 30.3 Å². The van der Waals surface area contributed by atoms with Gasteiger partial charge in [0.05, 0.1) is 5.69 Å². The van der Waals surface area contributed by atoms with Crippen LogP contribution in [0.15, 0.2) is 72.6 Å². The summed E-state index contributed by atoms with van der Waals surface area (Å²) in [5.41, 5.74) is 0.966. The Hall–Kier alpha value is -3.80. The molecule has 4 amide bonds. The van der Waals surface area contributed by atoms with Crippen LogP contribution in [0.4, 0.5) is 10.5 Å². The van der Waals surface area contributed by atoms with E-state index in [1.165, 1.54) is 6.08 Å². The number of carbonyl (C=O) groups excluding carboxylic acids is 3. The predicted molar refractivity (Wildman–Crippen MR) is 97.2 cm³/mol. The average Bonchev–Trinajstić information content (AvgIpc) is 2.66. The lowest BCUT2D eigenvalue weighted by Crippen LogP contribution is -2.54. The molecule has 2 aromatic carbocycles. The molecular weight excluding hydrogens is 330 g/mol. The fourth-order valence-corrected chi connectivity index (χ4v) is 2.91. The molecule has 0 atom stereocenters. The number of nitrogens with zero attached hydrogens (tertiary/aromatic N) is 2. The molecule has 6 nitrogen and oxygen atoms in total. The maximum Gasteiger partial charge on any atom is 0.335 e. The fourth-order valence-electron chi connectivity index (χ4n) is 2.91. The van der Waals surface area contributed by atoms with Crippen molar-refractivity contribution in [1.82, 2.24) is 10.3 Å². The van der Waals surface area contributed by atoms with Gasteiger partial charge >= 0.3 is 6.03 Å². The van der Waals surface area contributed by atoms with Crippen LogP contribution in [-0.2, 0) is 9.59 Å². The number of aromatic nitrogens is 1. The third-order valence-corrected chi connectivity index (χ3v) is 4.13. The molecule has 0 bridgehead atoms. The summed E-state index contributed by atoms with van der Waals surface area (Å²) in [5, 5.41) is 3.87. The van der Waals surface area contributed by atoms with Crippen molar-refractivity contribution in [3.8, 4) is 0 Å². The molecule has 2 heterocycles. The van der Waals surface area contributed by atoms with Gasteiger partial charge in [0.25, 0.3) is 11.8 Å². The van der Waals surface area contributed by atoms with Crippen LogP contribution in [0.2, 0.25) is 0 Å². The van der Waals surface area contributed by atoms with E-state index in [2.05, 4.69) is 10.3 Å². The second kappa shape index (κ2) is 6.25. The molecule has 1 saturated heterocycles. The molecule has 0 unspecified atom stereocenters. The number of urea groups is 1. The predicted octanol–water partition coefficient (Wildman–Crippen LogP) is 2.90. The molecule has 126 valence electrons. The van der Waals surface area contributed by atoms with E-state index >= 15 is 0 Å². The molecule has 1 N–H and O–H groups in total. The van der Waals surface area contributed by atoms with E-state index in [-0.39, 0.29) is 5.57 Å². The van der Waals surface area contributed by atoms with Gasteiger partial charge in [0.15, 0.2) is 0 Å². The highest BCUT2D eigenvalue weighted by Crippen LogP contribution is 2.29. The number of rotatable bonds is 2. The van der Waals surface area contributed by atoms with Crippen LogP contribution in [-0.4, -0.2) is 22.8 Å². The van der Waals surface area contributed by atoms with Crippen LogP contribution < -0.4 is 10.2 Å². The van der Waals surface area contributed by atoms with Crippen molar-refractivity contribution in [3.05, 3.63) is 78.1 Å². The number of nitrogens with one attached hydrogen (secondary N) is 1. The summed E-state index contributed by atoms with van der Waals surface area (Å²) >= 11 is 0. The Bertz CT molecular complexity index is 1070. The third-order valence-electron chi connectivity index (χ3n) is 4.13. The molecule has 26 heavy (non-hydrogen) atoms. The second-order valence-electron chi connectivity index (χ2n) is 5.74. The zero-order valence-electron chi connectivity index (χ0n) is 13.5. The molecule has 1 aliphatic rings. The van der Waals surface area contributed by atoms with Gasteiger partial charge in [-0.15, -0.1) is 0 Å². The average molecular weight is 343 g/mol. The number of hydrogen-bond acceptors (Lipinski definition) is 4.